The minimum Gasteiger partial charge on any atom is -0.494 e. The van der Waals surface area contributed by atoms with Crippen LogP contribution in [0.4, 0.5) is 4.39 Å². The Morgan fingerprint density at radius 2 is 1.83 bits per heavy atom. The van der Waals surface area contributed by atoms with Crippen LogP contribution >= 0.6 is 0 Å². The molecule has 3 heteroatoms. The molecular weight excluding hydrogens is 231 g/mol. The molecule has 0 amide bonds. The fraction of sp³-hybridized carbons (Fsp3) is 0.200. The van der Waals surface area contributed by atoms with Crippen molar-refractivity contribution in [3.63, 3.8) is 0 Å². The summed E-state index contributed by atoms with van der Waals surface area (Å²) < 4.78 is 24.0. The van der Waals surface area contributed by atoms with Crippen molar-refractivity contribution in [3.8, 4) is 11.5 Å². The van der Waals surface area contributed by atoms with Crippen LogP contribution in [0.25, 0.3) is 0 Å². The van der Waals surface area contributed by atoms with E-state index >= 15 is 0 Å². The van der Waals surface area contributed by atoms with E-state index in [1.165, 1.54) is 13.2 Å². The van der Waals surface area contributed by atoms with Gasteiger partial charge in [0.25, 0.3) is 0 Å². The lowest BCUT2D eigenvalue weighted by atomic mass is 10.2. The molecule has 0 unspecified atom stereocenters. The molecule has 0 heterocycles. The van der Waals surface area contributed by atoms with Crippen LogP contribution in [0.3, 0.4) is 0 Å². The van der Waals surface area contributed by atoms with Gasteiger partial charge in [0.2, 0.25) is 0 Å². The predicted molar refractivity (Wildman–Crippen MR) is 68.5 cm³/mol. The molecule has 2 rings (SSSR count). The van der Waals surface area contributed by atoms with Crippen molar-refractivity contribution in [3.05, 3.63) is 59.4 Å². The van der Waals surface area contributed by atoms with Gasteiger partial charge in [-0.3, -0.25) is 0 Å². The third-order valence-electron chi connectivity index (χ3n) is 2.70. The second-order valence-corrected chi connectivity index (χ2v) is 4.02. The number of para-hydroxylation sites is 1. The van der Waals surface area contributed by atoms with Gasteiger partial charge in [0.1, 0.15) is 12.4 Å². The van der Waals surface area contributed by atoms with Crippen molar-refractivity contribution in [2.75, 3.05) is 7.11 Å². The molecule has 0 N–H and O–H groups in total. The topological polar surface area (TPSA) is 18.5 Å². The Hall–Kier alpha value is -2.03. The molecule has 0 fully saturated rings. The summed E-state index contributed by atoms with van der Waals surface area (Å²) in [5, 5.41) is 0. The Morgan fingerprint density at radius 3 is 2.50 bits per heavy atom. The Bertz CT molecular complexity index is 538. The molecule has 0 aliphatic heterocycles. The maximum absolute atomic E-state index is 13.5. The van der Waals surface area contributed by atoms with Crippen molar-refractivity contribution < 1.29 is 13.9 Å². The molecule has 0 aliphatic carbocycles. The van der Waals surface area contributed by atoms with Crippen LogP contribution in [0.1, 0.15) is 11.1 Å². The summed E-state index contributed by atoms with van der Waals surface area (Å²) in [6, 6.07) is 12.6. The lowest BCUT2D eigenvalue weighted by Crippen LogP contribution is -1.98. The largest absolute Gasteiger partial charge is 0.494 e. The van der Waals surface area contributed by atoms with Gasteiger partial charge < -0.3 is 9.47 Å². The highest BCUT2D eigenvalue weighted by molar-refractivity contribution is 5.33. The summed E-state index contributed by atoms with van der Waals surface area (Å²) in [5.74, 6) is 0.687. The van der Waals surface area contributed by atoms with Crippen LogP contribution in [0.5, 0.6) is 11.5 Å². The summed E-state index contributed by atoms with van der Waals surface area (Å²) in [5.41, 5.74) is 1.84. The van der Waals surface area contributed by atoms with Crippen LogP contribution in [-0.4, -0.2) is 7.11 Å². The highest BCUT2D eigenvalue weighted by Crippen LogP contribution is 2.21. The molecule has 94 valence electrons. The summed E-state index contributed by atoms with van der Waals surface area (Å²) >= 11 is 0. The molecule has 0 bridgehead atoms. The molecular formula is C15H15FO2. The highest BCUT2D eigenvalue weighted by Gasteiger charge is 2.04. The van der Waals surface area contributed by atoms with E-state index in [2.05, 4.69) is 0 Å². The standard InChI is InChI=1S/C15H15FO2/c1-11-5-3-4-6-14(11)18-10-12-7-8-15(17-2)13(16)9-12/h3-9H,10H2,1-2H3. The van der Waals surface area contributed by atoms with Gasteiger partial charge in [-0.2, -0.15) is 0 Å². The van der Waals surface area contributed by atoms with E-state index in [0.717, 1.165) is 16.9 Å². The fourth-order valence-electron chi connectivity index (χ4n) is 1.68. The first-order valence-electron chi connectivity index (χ1n) is 5.71. The van der Waals surface area contributed by atoms with Crippen LogP contribution in [0, 0.1) is 12.7 Å². The summed E-state index contributed by atoms with van der Waals surface area (Å²) in [4.78, 5) is 0. The van der Waals surface area contributed by atoms with Crippen LogP contribution < -0.4 is 9.47 Å². The number of halogens is 1. The Balaban J connectivity index is 2.07. The summed E-state index contributed by atoms with van der Waals surface area (Å²) in [6.07, 6.45) is 0. The zero-order valence-corrected chi connectivity index (χ0v) is 10.4. The minimum absolute atomic E-state index is 0.245. The average molecular weight is 246 g/mol. The Kier molecular flexibility index (Phi) is 3.82. The normalized spacial score (nSPS) is 10.2. The number of hydrogen-bond acceptors (Lipinski definition) is 2. The van der Waals surface area contributed by atoms with E-state index < -0.39 is 0 Å². The molecule has 0 spiro atoms. The average Bonchev–Trinajstić information content (AvgIpc) is 2.38. The van der Waals surface area contributed by atoms with Gasteiger partial charge in [0, 0.05) is 0 Å². The molecule has 0 saturated carbocycles. The van der Waals surface area contributed by atoms with Gasteiger partial charge in [0.05, 0.1) is 7.11 Å². The van der Waals surface area contributed by atoms with Gasteiger partial charge in [-0.25, -0.2) is 4.39 Å². The quantitative estimate of drug-likeness (QED) is 0.818. The van der Waals surface area contributed by atoms with E-state index in [-0.39, 0.29) is 11.6 Å². The molecule has 0 saturated heterocycles. The molecule has 0 radical (unpaired) electrons. The van der Waals surface area contributed by atoms with Crippen molar-refractivity contribution in [1.82, 2.24) is 0 Å². The number of hydrogen-bond donors (Lipinski definition) is 0. The second kappa shape index (κ2) is 5.54. The zero-order valence-electron chi connectivity index (χ0n) is 10.4. The molecule has 2 aromatic carbocycles. The maximum atomic E-state index is 13.5. The maximum Gasteiger partial charge on any atom is 0.165 e. The highest BCUT2D eigenvalue weighted by atomic mass is 19.1. The van der Waals surface area contributed by atoms with Crippen LogP contribution in [-0.2, 0) is 6.61 Å². The first-order chi connectivity index (χ1) is 8.70. The number of ether oxygens (including phenoxy) is 2. The van der Waals surface area contributed by atoms with Gasteiger partial charge in [0.15, 0.2) is 11.6 Å². The molecule has 0 aromatic heterocycles. The van der Waals surface area contributed by atoms with E-state index in [1.807, 2.05) is 31.2 Å². The first-order valence-corrected chi connectivity index (χ1v) is 5.71. The summed E-state index contributed by atoms with van der Waals surface area (Å²) in [6.45, 7) is 2.32. The third-order valence-corrected chi connectivity index (χ3v) is 2.70. The number of methoxy groups -OCH3 is 1. The summed E-state index contributed by atoms with van der Waals surface area (Å²) in [7, 11) is 1.45. The van der Waals surface area contributed by atoms with Crippen molar-refractivity contribution >= 4 is 0 Å². The molecule has 0 atom stereocenters. The van der Waals surface area contributed by atoms with Gasteiger partial charge in [-0.15, -0.1) is 0 Å². The fourth-order valence-corrected chi connectivity index (χ4v) is 1.68. The molecule has 2 nitrogen and oxygen atoms in total. The lowest BCUT2D eigenvalue weighted by Gasteiger charge is -2.09. The van der Waals surface area contributed by atoms with E-state index in [0.29, 0.717) is 6.61 Å². The molecule has 2 aromatic rings. The van der Waals surface area contributed by atoms with Gasteiger partial charge >= 0.3 is 0 Å². The number of rotatable bonds is 4. The molecule has 0 aliphatic rings. The Morgan fingerprint density at radius 1 is 1.06 bits per heavy atom. The SMILES string of the molecule is COc1ccc(COc2ccccc2C)cc1F. The van der Waals surface area contributed by atoms with Gasteiger partial charge in [-0.05, 0) is 36.2 Å². The third kappa shape index (κ3) is 2.80. The second-order valence-electron chi connectivity index (χ2n) is 4.02. The van der Waals surface area contributed by atoms with Crippen LogP contribution in [0.2, 0.25) is 0 Å². The van der Waals surface area contributed by atoms with Crippen molar-refractivity contribution in [2.24, 2.45) is 0 Å². The number of benzene rings is 2. The van der Waals surface area contributed by atoms with Gasteiger partial charge in [-0.1, -0.05) is 24.3 Å². The van der Waals surface area contributed by atoms with E-state index in [4.69, 9.17) is 9.47 Å². The predicted octanol–water partition coefficient (Wildman–Crippen LogP) is 3.72. The molecule has 18 heavy (non-hydrogen) atoms. The number of aryl methyl sites for hydroxylation is 1. The van der Waals surface area contributed by atoms with Crippen molar-refractivity contribution in [1.29, 1.82) is 0 Å². The Labute approximate surface area is 106 Å². The van der Waals surface area contributed by atoms with E-state index in [1.54, 1.807) is 12.1 Å². The first kappa shape index (κ1) is 12.4. The van der Waals surface area contributed by atoms with Crippen molar-refractivity contribution in [2.45, 2.75) is 13.5 Å². The minimum atomic E-state index is -0.372. The zero-order chi connectivity index (χ0) is 13.0. The lowest BCUT2D eigenvalue weighted by molar-refractivity contribution is 0.302. The monoisotopic (exact) mass is 246 g/mol. The smallest absolute Gasteiger partial charge is 0.165 e. The van der Waals surface area contributed by atoms with Crippen LogP contribution in [0.15, 0.2) is 42.5 Å². The van der Waals surface area contributed by atoms with E-state index in [9.17, 15) is 4.39 Å².